The molecule has 0 aliphatic heterocycles. The lowest BCUT2D eigenvalue weighted by Gasteiger charge is -2.14. The van der Waals surface area contributed by atoms with Gasteiger partial charge in [0.05, 0.1) is 29.1 Å². The third-order valence-electron chi connectivity index (χ3n) is 2.68. The topological polar surface area (TPSA) is 47.0 Å². The van der Waals surface area contributed by atoms with E-state index in [1.165, 1.54) is 12.3 Å². The van der Waals surface area contributed by atoms with Gasteiger partial charge in [-0.05, 0) is 19.9 Å². The molecule has 0 aliphatic carbocycles. The predicted molar refractivity (Wildman–Crippen MR) is 74.7 cm³/mol. The molecule has 114 valence electrons. The van der Waals surface area contributed by atoms with E-state index in [-0.39, 0.29) is 11.9 Å². The summed E-state index contributed by atoms with van der Waals surface area (Å²) in [4.78, 5) is 9.12. The molecule has 0 amide bonds. The molecule has 0 aromatic carbocycles. The molecular weight excluding hydrogens is 303 g/mol. The highest BCUT2D eigenvalue weighted by Gasteiger charge is 2.28. The van der Waals surface area contributed by atoms with Crippen LogP contribution in [0.15, 0.2) is 23.8 Å². The molecule has 4 nitrogen and oxygen atoms in total. The number of rotatable bonds is 5. The second-order valence-electron chi connectivity index (χ2n) is 4.46. The average Bonchev–Trinajstić information content (AvgIpc) is 2.83. The van der Waals surface area contributed by atoms with E-state index < -0.39 is 12.8 Å². The Morgan fingerprint density at radius 2 is 2.10 bits per heavy atom. The minimum absolute atomic E-state index is 0.0428. The number of halogens is 3. The highest BCUT2D eigenvalue weighted by atomic mass is 32.1. The summed E-state index contributed by atoms with van der Waals surface area (Å²) in [6.07, 6.45) is -2.92. The molecule has 2 aromatic heterocycles. The van der Waals surface area contributed by atoms with Crippen LogP contribution in [0.2, 0.25) is 0 Å². The van der Waals surface area contributed by atoms with Crippen molar-refractivity contribution in [3.05, 3.63) is 34.4 Å². The molecule has 0 saturated heterocycles. The molecular formula is C13H14F3N3OS. The first kappa shape index (κ1) is 15.6. The number of hydrogen-bond acceptors (Lipinski definition) is 5. The fourth-order valence-corrected chi connectivity index (χ4v) is 2.56. The van der Waals surface area contributed by atoms with Gasteiger partial charge in [-0.2, -0.15) is 13.2 Å². The molecule has 1 unspecified atom stereocenters. The Morgan fingerprint density at radius 3 is 2.62 bits per heavy atom. The minimum atomic E-state index is -4.36. The minimum Gasteiger partial charge on any atom is -0.468 e. The maximum Gasteiger partial charge on any atom is 0.422 e. The summed E-state index contributed by atoms with van der Waals surface area (Å²) in [6.45, 7) is 2.56. The lowest BCUT2D eigenvalue weighted by molar-refractivity contribution is -0.154. The largest absolute Gasteiger partial charge is 0.468 e. The standard InChI is InChI=1S/C13H14F3N3OS/c1-8-12(21-7-18-8)9(2)19-10-3-4-11(17-5-10)20-6-13(14,15)16/h3-5,7,9,19H,6H2,1-2H3. The van der Waals surface area contributed by atoms with Gasteiger partial charge >= 0.3 is 6.18 Å². The van der Waals surface area contributed by atoms with Crippen LogP contribution >= 0.6 is 11.3 Å². The first-order valence-corrected chi connectivity index (χ1v) is 7.05. The zero-order valence-electron chi connectivity index (χ0n) is 11.4. The van der Waals surface area contributed by atoms with Crippen molar-refractivity contribution in [3.63, 3.8) is 0 Å². The number of hydrogen-bond donors (Lipinski definition) is 1. The monoisotopic (exact) mass is 317 g/mol. The Hall–Kier alpha value is -1.83. The number of thiazole rings is 1. The van der Waals surface area contributed by atoms with E-state index in [9.17, 15) is 13.2 Å². The van der Waals surface area contributed by atoms with Crippen LogP contribution in [0.25, 0.3) is 0 Å². The van der Waals surface area contributed by atoms with Crippen molar-refractivity contribution in [2.24, 2.45) is 0 Å². The Balaban J connectivity index is 1.95. The molecule has 8 heteroatoms. The van der Waals surface area contributed by atoms with E-state index in [1.807, 2.05) is 13.8 Å². The smallest absolute Gasteiger partial charge is 0.422 e. The van der Waals surface area contributed by atoms with Gasteiger partial charge < -0.3 is 10.1 Å². The average molecular weight is 317 g/mol. The summed E-state index contributed by atoms with van der Waals surface area (Å²) < 4.78 is 40.6. The number of ether oxygens (including phenoxy) is 1. The zero-order valence-corrected chi connectivity index (χ0v) is 12.3. The summed E-state index contributed by atoms with van der Waals surface area (Å²) in [7, 11) is 0. The molecule has 0 bridgehead atoms. The van der Waals surface area contributed by atoms with Crippen molar-refractivity contribution in [2.45, 2.75) is 26.1 Å². The Labute approximate surface area is 124 Å². The fourth-order valence-electron chi connectivity index (χ4n) is 1.75. The van der Waals surface area contributed by atoms with Gasteiger partial charge in [-0.3, -0.25) is 0 Å². The number of aryl methyl sites for hydroxylation is 1. The molecule has 0 radical (unpaired) electrons. The van der Waals surface area contributed by atoms with Crippen molar-refractivity contribution in [3.8, 4) is 5.88 Å². The summed E-state index contributed by atoms with van der Waals surface area (Å²) >= 11 is 1.55. The number of alkyl halides is 3. The number of nitrogens with zero attached hydrogens (tertiary/aromatic N) is 2. The molecule has 0 saturated carbocycles. The maximum absolute atomic E-state index is 12.0. The van der Waals surface area contributed by atoms with Gasteiger partial charge in [-0.1, -0.05) is 0 Å². The van der Waals surface area contributed by atoms with Crippen LogP contribution < -0.4 is 10.1 Å². The van der Waals surface area contributed by atoms with Gasteiger partial charge in [-0.15, -0.1) is 11.3 Å². The molecule has 0 fully saturated rings. The quantitative estimate of drug-likeness (QED) is 0.907. The Bertz CT molecular complexity index is 583. The van der Waals surface area contributed by atoms with Crippen molar-refractivity contribution in [1.82, 2.24) is 9.97 Å². The van der Waals surface area contributed by atoms with E-state index in [4.69, 9.17) is 0 Å². The van der Waals surface area contributed by atoms with E-state index >= 15 is 0 Å². The summed E-state index contributed by atoms with van der Waals surface area (Å²) in [5.74, 6) is -0.0560. The molecule has 21 heavy (non-hydrogen) atoms. The zero-order chi connectivity index (χ0) is 15.5. The van der Waals surface area contributed by atoms with Crippen molar-refractivity contribution in [2.75, 3.05) is 11.9 Å². The van der Waals surface area contributed by atoms with Crippen molar-refractivity contribution < 1.29 is 17.9 Å². The van der Waals surface area contributed by atoms with Crippen molar-refractivity contribution >= 4 is 17.0 Å². The van der Waals surface area contributed by atoms with Crippen LogP contribution in [-0.2, 0) is 0 Å². The van der Waals surface area contributed by atoms with Crippen LogP contribution in [0, 0.1) is 6.92 Å². The van der Waals surface area contributed by atoms with Crippen LogP contribution in [-0.4, -0.2) is 22.8 Å². The first-order valence-electron chi connectivity index (χ1n) is 6.17. The van der Waals surface area contributed by atoms with E-state index in [0.29, 0.717) is 5.69 Å². The Morgan fingerprint density at radius 1 is 1.33 bits per heavy atom. The normalized spacial score (nSPS) is 13.0. The molecule has 2 aromatic rings. The highest BCUT2D eigenvalue weighted by molar-refractivity contribution is 7.09. The Kier molecular flexibility index (Phi) is 4.66. The lowest BCUT2D eigenvalue weighted by atomic mass is 10.2. The number of anilines is 1. The van der Waals surface area contributed by atoms with Crippen LogP contribution in [0.4, 0.5) is 18.9 Å². The molecule has 0 spiro atoms. The first-order chi connectivity index (χ1) is 9.85. The second-order valence-corrected chi connectivity index (χ2v) is 5.34. The second kappa shape index (κ2) is 6.30. The molecule has 2 heterocycles. The van der Waals surface area contributed by atoms with E-state index in [2.05, 4.69) is 20.0 Å². The van der Waals surface area contributed by atoms with Gasteiger partial charge in [0, 0.05) is 10.9 Å². The van der Waals surface area contributed by atoms with Crippen molar-refractivity contribution in [1.29, 1.82) is 0 Å². The number of pyridine rings is 1. The molecule has 0 aliphatic rings. The number of nitrogens with one attached hydrogen (secondary N) is 1. The SMILES string of the molecule is Cc1ncsc1C(C)Nc1ccc(OCC(F)(F)F)nc1. The lowest BCUT2D eigenvalue weighted by Crippen LogP contribution is -2.19. The van der Waals surface area contributed by atoms with Gasteiger partial charge in [0.1, 0.15) is 0 Å². The third-order valence-corrected chi connectivity index (χ3v) is 3.79. The van der Waals surface area contributed by atoms with Gasteiger partial charge in [0.15, 0.2) is 6.61 Å². The summed E-state index contributed by atoms with van der Waals surface area (Å²) in [5.41, 5.74) is 3.43. The maximum atomic E-state index is 12.0. The highest BCUT2D eigenvalue weighted by Crippen LogP contribution is 2.25. The van der Waals surface area contributed by atoms with Gasteiger partial charge in [0.25, 0.3) is 0 Å². The molecule has 1 N–H and O–H groups in total. The number of aromatic nitrogens is 2. The van der Waals surface area contributed by atoms with E-state index in [1.54, 1.807) is 22.9 Å². The van der Waals surface area contributed by atoms with Crippen LogP contribution in [0.5, 0.6) is 5.88 Å². The fraction of sp³-hybridized carbons (Fsp3) is 0.385. The van der Waals surface area contributed by atoms with Gasteiger partial charge in [0.2, 0.25) is 5.88 Å². The summed E-state index contributed by atoms with van der Waals surface area (Å²) in [5, 5.41) is 3.21. The van der Waals surface area contributed by atoms with Gasteiger partial charge in [-0.25, -0.2) is 9.97 Å². The predicted octanol–water partition coefficient (Wildman–Crippen LogP) is 3.96. The third kappa shape index (κ3) is 4.59. The molecule has 1 atom stereocenters. The summed E-state index contributed by atoms with van der Waals surface area (Å²) in [6, 6.07) is 3.08. The van der Waals surface area contributed by atoms with Crippen LogP contribution in [0.3, 0.4) is 0 Å². The van der Waals surface area contributed by atoms with E-state index in [0.717, 1.165) is 10.6 Å². The van der Waals surface area contributed by atoms with Crippen LogP contribution in [0.1, 0.15) is 23.5 Å². The molecule has 2 rings (SSSR count).